The fraction of sp³-hybridized carbons (Fsp3) is 0.227. The third kappa shape index (κ3) is 7.71. The largest absolute Gasteiger partial charge is 0.432 e. The summed E-state index contributed by atoms with van der Waals surface area (Å²) in [6.07, 6.45) is 8.69. The summed E-state index contributed by atoms with van der Waals surface area (Å²) in [6, 6.07) is 5.80. The van der Waals surface area contributed by atoms with E-state index >= 15 is 0 Å². The normalized spacial score (nSPS) is 10.3. The molecular weight excluding hydrogens is 446 g/mol. The van der Waals surface area contributed by atoms with Gasteiger partial charge in [0, 0.05) is 23.5 Å². The van der Waals surface area contributed by atoms with Crippen LogP contribution < -0.4 is 10.6 Å². The number of nitrogens with zero attached hydrogens (tertiary/aromatic N) is 3. The average Bonchev–Trinajstić information content (AvgIpc) is 3.52. The van der Waals surface area contributed by atoms with Crippen molar-refractivity contribution in [3.05, 3.63) is 76.0 Å². The molecule has 0 unspecified atom stereocenters. The number of carbonyl (C=O) groups is 2. The standard InChI is InChI=1S/C12H14N2OS2.C10H9N3O2/c1-8(2)10-6-13-12(17-10)14-11(15)5-9-3-4-16-7-9;14-9(13-10-12-4-5-15-10)6-8-2-1-3-11-7-8/h3-4,6-8H,5H2,1-2H3,(H,13,14,15);1-5,7H,6H2,(H,12,13,14). The molecule has 0 aliphatic rings. The quantitative estimate of drug-likeness (QED) is 0.404. The molecule has 8 nitrogen and oxygen atoms in total. The van der Waals surface area contributed by atoms with Gasteiger partial charge in [0.25, 0.3) is 0 Å². The summed E-state index contributed by atoms with van der Waals surface area (Å²) in [7, 11) is 0. The fourth-order valence-electron chi connectivity index (χ4n) is 2.49. The summed E-state index contributed by atoms with van der Waals surface area (Å²) < 4.78 is 4.88. The smallest absolute Gasteiger partial charge is 0.301 e. The van der Waals surface area contributed by atoms with E-state index in [0.29, 0.717) is 17.5 Å². The molecular formula is C22H23N5O3S2. The molecule has 0 radical (unpaired) electrons. The van der Waals surface area contributed by atoms with Crippen molar-refractivity contribution in [2.45, 2.75) is 32.6 Å². The summed E-state index contributed by atoms with van der Waals surface area (Å²) in [5.41, 5.74) is 1.90. The first kappa shape index (κ1) is 23.3. The van der Waals surface area contributed by atoms with Crippen LogP contribution in [-0.2, 0) is 22.4 Å². The number of carbonyl (C=O) groups excluding carboxylic acids is 2. The average molecular weight is 470 g/mol. The van der Waals surface area contributed by atoms with Crippen molar-refractivity contribution in [1.82, 2.24) is 15.0 Å². The number of thiophene rings is 1. The van der Waals surface area contributed by atoms with Gasteiger partial charge in [-0.1, -0.05) is 19.9 Å². The highest BCUT2D eigenvalue weighted by Gasteiger charge is 2.09. The van der Waals surface area contributed by atoms with Crippen LogP contribution in [0.2, 0.25) is 0 Å². The molecule has 32 heavy (non-hydrogen) atoms. The number of aromatic nitrogens is 3. The number of anilines is 2. The number of hydrogen-bond donors (Lipinski definition) is 2. The number of nitrogens with one attached hydrogen (secondary N) is 2. The maximum atomic E-state index is 11.7. The molecule has 166 valence electrons. The first-order valence-electron chi connectivity index (χ1n) is 9.84. The van der Waals surface area contributed by atoms with Crippen LogP contribution in [0, 0.1) is 0 Å². The van der Waals surface area contributed by atoms with Gasteiger partial charge in [-0.15, -0.1) is 11.3 Å². The van der Waals surface area contributed by atoms with Crippen molar-refractivity contribution < 1.29 is 14.0 Å². The van der Waals surface area contributed by atoms with E-state index in [2.05, 4.69) is 39.4 Å². The lowest BCUT2D eigenvalue weighted by Gasteiger charge is -2.00. The molecule has 0 atom stereocenters. The van der Waals surface area contributed by atoms with Gasteiger partial charge in [-0.25, -0.2) is 9.97 Å². The number of thiazole rings is 1. The van der Waals surface area contributed by atoms with Gasteiger partial charge in [0.2, 0.25) is 11.8 Å². The molecule has 0 aromatic carbocycles. The van der Waals surface area contributed by atoms with Crippen molar-refractivity contribution in [3.63, 3.8) is 0 Å². The summed E-state index contributed by atoms with van der Waals surface area (Å²) in [4.78, 5) is 36.2. The topological polar surface area (TPSA) is 110 Å². The van der Waals surface area contributed by atoms with Gasteiger partial charge in [-0.3, -0.25) is 19.9 Å². The molecule has 0 saturated carbocycles. The Hall–Kier alpha value is -3.37. The molecule has 4 aromatic rings. The van der Waals surface area contributed by atoms with E-state index < -0.39 is 0 Å². The number of amides is 2. The van der Waals surface area contributed by atoms with Crippen molar-refractivity contribution in [3.8, 4) is 0 Å². The van der Waals surface area contributed by atoms with Crippen molar-refractivity contribution in [1.29, 1.82) is 0 Å². The molecule has 0 bridgehead atoms. The van der Waals surface area contributed by atoms with E-state index in [-0.39, 0.29) is 24.2 Å². The third-order valence-corrected chi connectivity index (χ3v) is 6.00. The van der Waals surface area contributed by atoms with E-state index in [1.54, 1.807) is 41.1 Å². The molecule has 0 aliphatic heterocycles. The van der Waals surface area contributed by atoms with E-state index in [0.717, 1.165) is 11.1 Å². The Kier molecular flexibility index (Phi) is 8.64. The van der Waals surface area contributed by atoms with Crippen LogP contribution in [0.1, 0.15) is 35.8 Å². The van der Waals surface area contributed by atoms with E-state index in [1.165, 1.54) is 17.3 Å². The number of oxazole rings is 1. The molecule has 0 saturated heterocycles. The summed E-state index contributed by atoms with van der Waals surface area (Å²) >= 11 is 3.14. The SMILES string of the molecule is CC(C)c1cnc(NC(=O)Cc2ccsc2)s1.O=C(Cc1cccnc1)Nc1ncco1. The number of rotatable bonds is 7. The summed E-state index contributed by atoms with van der Waals surface area (Å²) in [5, 5.41) is 10.0. The van der Waals surface area contributed by atoms with Crippen LogP contribution in [0.3, 0.4) is 0 Å². The third-order valence-electron chi connectivity index (χ3n) is 4.05. The van der Waals surface area contributed by atoms with E-state index in [9.17, 15) is 9.59 Å². The van der Waals surface area contributed by atoms with Crippen LogP contribution >= 0.6 is 22.7 Å². The van der Waals surface area contributed by atoms with Crippen molar-refractivity contribution in [2.75, 3.05) is 10.6 Å². The molecule has 4 aromatic heterocycles. The van der Waals surface area contributed by atoms with Crippen molar-refractivity contribution >= 4 is 45.6 Å². The van der Waals surface area contributed by atoms with Gasteiger partial charge >= 0.3 is 6.01 Å². The van der Waals surface area contributed by atoms with Crippen LogP contribution in [-0.4, -0.2) is 26.8 Å². The lowest BCUT2D eigenvalue weighted by Crippen LogP contribution is -2.14. The zero-order valence-electron chi connectivity index (χ0n) is 17.6. The fourth-order valence-corrected chi connectivity index (χ4v) is 3.99. The Morgan fingerprint density at radius 1 is 1.03 bits per heavy atom. The lowest BCUT2D eigenvalue weighted by atomic mass is 10.2. The van der Waals surface area contributed by atoms with E-state index in [1.807, 2.05) is 29.1 Å². The van der Waals surface area contributed by atoms with Crippen LogP contribution in [0.5, 0.6) is 0 Å². The van der Waals surface area contributed by atoms with Crippen molar-refractivity contribution in [2.24, 2.45) is 0 Å². The first-order chi connectivity index (χ1) is 15.5. The molecule has 0 spiro atoms. The monoisotopic (exact) mass is 469 g/mol. The Morgan fingerprint density at radius 3 is 2.47 bits per heavy atom. The molecule has 2 amide bonds. The van der Waals surface area contributed by atoms with Crippen LogP contribution in [0.15, 0.2) is 64.4 Å². The van der Waals surface area contributed by atoms with Gasteiger partial charge in [-0.05, 0) is 39.9 Å². The summed E-state index contributed by atoms with van der Waals surface area (Å²) in [5.74, 6) is 0.272. The predicted octanol–water partition coefficient (Wildman–Crippen LogP) is 4.76. The maximum absolute atomic E-state index is 11.7. The van der Waals surface area contributed by atoms with Gasteiger partial charge in [0.1, 0.15) is 6.26 Å². The minimum Gasteiger partial charge on any atom is -0.432 e. The Balaban J connectivity index is 0.000000182. The van der Waals surface area contributed by atoms with Crippen LogP contribution in [0.4, 0.5) is 11.1 Å². The lowest BCUT2D eigenvalue weighted by molar-refractivity contribution is -0.116. The highest BCUT2D eigenvalue weighted by atomic mass is 32.1. The second kappa shape index (κ2) is 11.9. The Morgan fingerprint density at radius 2 is 1.84 bits per heavy atom. The molecule has 0 aliphatic carbocycles. The molecule has 4 heterocycles. The van der Waals surface area contributed by atoms with Crippen LogP contribution in [0.25, 0.3) is 0 Å². The van der Waals surface area contributed by atoms with E-state index in [4.69, 9.17) is 4.42 Å². The van der Waals surface area contributed by atoms with Gasteiger partial charge in [0.15, 0.2) is 5.13 Å². The maximum Gasteiger partial charge on any atom is 0.301 e. The van der Waals surface area contributed by atoms with Gasteiger partial charge in [-0.2, -0.15) is 11.3 Å². The zero-order chi connectivity index (χ0) is 22.8. The molecule has 4 rings (SSSR count). The minimum absolute atomic E-state index is 0.00643. The van der Waals surface area contributed by atoms with Gasteiger partial charge in [0.05, 0.1) is 19.0 Å². The molecule has 0 fully saturated rings. The van der Waals surface area contributed by atoms with Gasteiger partial charge < -0.3 is 9.73 Å². The second-order valence-corrected chi connectivity index (χ2v) is 8.84. The number of hydrogen-bond acceptors (Lipinski definition) is 8. The highest BCUT2D eigenvalue weighted by Crippen LogP contribution is 2.25. The second-order valence-electron chi connectivity index (χ2n) is 7.00. The summed E-state index contributed by atoms with van der Waals surface area (Å²) in [6.45, 7) is 4.23. The Bertz CT molecular complexity index is 1090. The highest BCUT2D eigenvalue weighted by molar-refractivity contribution is 7.15. The number of pyridine rings is 1. The Labute approximate surface area is 193 Å². The molecule has 2 N–H and O–H groups in total. The minimum atomic E-state index is -0.176. The zero-order valence-corrected chi connectivity index (χ0v) is 19.3. The first-order valence-corrected chi connectivity index (χ1v) is 11.6. The predicted molar refractivity (Wildman–Crippen MR) is 126 cm³/mol. The molecule has 10 heteroatoms.